The molecule has 0 aromatic heterocycles. The van der Waals surface area contributed by atoms with Gasteiger partial charge in [0.15, 0.2) is 6.29 Å². The first-order valence-corrected chi connectivity index (χ1v) is 5.69. The second kappa shape index (κ2) is 5.65. The number of amides is 1. The maximum Gasteiger partial charge on any atom is 0.274 e. The van der Waals surface area contributed by atoms with Crippen LogP contribution in [-0.4, -0.2) is 18.8 Å². The highest BCUT2D eigenvalue weighted by molar-refractivity contribution is 5.93. The van der Waals surface area contributed by atoms with Gasteiger partial charge in [0, 0.05) is 24.3 Å². The smallest absolute Gasteiger partial charge is 0.274 e. The van der Waals surface area contributed by atoms with E-state index in [1.807, 2.05) is 0 Å². The number of nitrogens with one attached hydrogen (secondary N) is 1. The fourth-order valence-electron chi connectivity index (χ4n) is 1.62. The van der Waals surface area contributed by atoms with E-state index in [9.17, 15) is 4.79 Å². The van der Waals surface area contributed by atoms with Gasteiger partial charge in [0.05, 0.1) is 0 Å². The van der Waals surface area contributed by atoms with Crippen molar-refractivity contribution in [1.82, 2.24) is 5.48 Å². The van der Waals surface area contributed by atoms with Gasteiger partial charge in [0.25, 0.3) is 5.91 Å². The van der Waals surface area contributed by atoms with Gasteiger partial charge in [-0.2, -0.15) is 0 Å². The Hall–Kier alpha value is -1.59. The summed E-state index contributed by atoms with van der Waals surface area (Å²) in [6.07, 6.45) is 2.58. The zero-order valence-electron chi connectivity index (χ0n) is 9.52. The molecule has 0 radical (unpaired) electrons. The zero-order chi connectivity index (χ0) is 12.1. The van der Waals surface area contributed by atoms with Crippen LogP contribution in [0.25, 0.3) is 0 Å². The Labute approximate surface area is 99.8 Å². The summed E-state index contributed by atoms with van der Waals surface area (Å²) >= 11 is 0. The Morgan fingerprint density at radius 3 is 2.76 bits per heavy atom. The number of ether oxygens (including phenoxy) is 1. The average Bonchev–Trinajstić information content (AvgIpc) is 2.38. The average molecular weight is 236 g/mol. The summed E-state index contributed by atoms with van der Waals surface area (Å²) in [6, 6.07) is 6.64. The summed E-state index contributed by atoms with van der Waals surface area (Å²) < 4.78 is 5.33. The van der Waals surface area contributed by atoms with Crippen molar-refractivity contribution in [2.24, 2.45) is 0 Å². The van der Waals surface area contributed by atoms with Gasteiger partial charge in [-0.15, -0.1) is 0 Å². The molecule has 1 heterocycles. The number of carbonyl (C=O) groups is 1. The standard InChI is InChI=1S/C12H16N2O3/c13-10-6-4-9(5-7-10)12(15)14-17-11-3-1-2-8-16-11/h4-7,11H,1-3,8,13H2,(H,14,15). The fourth-order valence-corrected chi connectivity index (χ4v) is 1.62. The van der Waals surface area contributed by atoms with Crippen molar-refractivity contribution in [3.63, 3.8) is 0 Å². The SMILES string of the molecule is Nc1ccc(C(=O)NOC2CCCCO2)cc1. The molecule has 5 nitrogen and oxygen atoms in total. The van der Waals surface area contributed by atoms with Crippen LogP contribution < -0.4 is 11.2 Å². The number of benzene rings is 1. The molecule has 1 amide bonds. The van der Waals surface area contributed by atoms with Gasteiger partial charge in [-0.3, -0.25) is 4.79 Å². The number of nitrogens with two attached hydrogens (primary N) is 1. The minimum Gasteiger partial charge on any atom is -0.399 e. The van der Waals surface area contributed by atoms with Gasteiger partial charge in [0.1, 0.15) is 0 Å². The highest BCUT2D eigenvalue weighted by Crippen LogP contribution is 2.13. The lowest BCUT2D eigenvalue weighted by atomic mass is 10.2. The Balaban J connectivity index is 1.82. The molecule has 0 saturated carbocycles. The third kappa shape index (κ3) is 3.44. The van der Waals surface area contributed by atoms with E-state index in [1.54, 1.807) is 24.3 Å². The topological polar surface area (TPSA) is 73.6 Å². The zero-order valence-corrected chi connectivity index (χ0v) is 9.52. The van der Waals surface area contributed by atoms with E-state index in [0.717, 1.165) is 19.3 Å². The predicted molar refractivity (Wildman–Crippen MR) is 63.0 cm³/mol. The van der Waals surface area contributed by atoms with Crippen molar-refractivity contribution in [2.45, 2.75) is 25.6 Å². The summed E-state index contributed by atoms with van der Waals surface area (Å²) in [5, 5.41) is 0. The largest absolute Gasteiger partial charge is 0.399 e. The monoisotopic (exact) mass is 236 g/mol. The number of anilines is 1. The Kier molecular flexibility index (Phi) is 3.95. The Morgan fingerprint density at radius 2 is 2.12 bits per heavy atom. The molecule has 1 aromatic carbocycles. The van der Waals surface area contributed by atoms with Crippen LogP contribution in [0.1, 0.15) is 29.6 Å². The molecule has 5 heteroatoms. The van der Waals surface area contributed by atoms with Crippen LogP contribution in [0.5, 0.6) is 0 Å². The van der Waals surface area contributed by atoms with Crippen LogP contribution in [0.2, 0.25) is 0 Å². The molecule has 1 aromatic rings. The fraction of sp³-hybridized carbons (Fsp3) is 0.417. The molecule has 0 bridgehead atoms. The van der Waals surface area contributed by atoms with Crippen LogP contribution in [0.3, 0.4) is 0 Å². The second-order valence-electron chi connectivity index (χ2n) is 3.97. The number of hydroxylamine groups is 1. The minimum atomic E-state index is -0.332. The summed E-state index contributed by atoms with van der Waals surface area (Å²) in [5.74, 6) is -0.292. The maximum atomic E-state index is 11.7. The molecule has 1 fully saturated rings. The van der Waals surface area contributed by atoms with Crippen molar-refractivity contribution in [3.8, 4) is 0 Å². The number of carbonyl (C=O) groups excluding carboxylic acids is 1. The highest BCUT2D eigenvalue weighted by Gasteiger charge is 2.16. The molecule has 1 aliphatic rings. The summed E-state index contributed by atoms with van der Waals surface area (Å²) in [4.78, 5) is 16.8. The molecule has 0 spiro atoms. The molecular weight excluding hydrogens is 220 g/mol. The van der Waals surface area contributed by atoms with Crippen molar-refractivity contribution in [2.75, 3.05) is 12.3 Å². The first kappa shape index (κ1) is 11.9. The molecule has 1 saturated heterocycles. The van der Waals surface area contributed by atoms with Gasteiger partial charge in [-0.05, 0) is 37.1 Å². The van der Waals surface area contributed by atoms with E-state index in [2.05, 4.69) is 5.48 Å². The molecule has 3 N–H and O–H groups in total. The molecule has 1 unspecified atom stereocenters. The van der Waals surface area contributed by atoms with E-state index < -0.39 is 0 Å². The van der Waals surface area contributed by atoms with Crippen molar-refractivity contribution >= 4 is 11.6 Å². The van der Waals surface area contributed by atoms with E-state index in [4.69, 9.17) is 15.3 Å². The number of hydrogen-bond acceptors (Lipinski definition) is 4. The third-order valence-corrected chi connectivity index (χ3v) is 2.59. The molecule has 1 atom stereocenters. The van der Waals surface area contributed by atoms with Crippen molar-refractivity contribution in [3.05, 3.63) is 29.8 Å². The van der Waals surface area contributed by atoms with Gasteiger partial charge >= 0.3 is 0 Å². The normalized spacial score (nSPS) is 19.9. The third-order valence-electron chi connectivity index (χ3n) is 2.59. The lowest BCUT2D eigenvalue weighted by molar-refractivity contribution is -0.186. The molecule has 2 rings (SSSR count). The highest BCUT2D eigenvalue weighted by atomic mass is 16.8. The van der Waals surface area contributed by atoms with E-state index >= 15 is 0 Å². The van der Waals surface area contributed by atoms with Gasteiger partial charge in [-0.1, -0.05) is 0 Å². The molecule has 0 aliphatic carbocycles. The lowest BCUT2D eigenvalue weighted by Gasteiger charge is -2.22. The predicted octanol–water partition coefficient (Wildman–Crippen LogP) is 1.46. The maximum absolute atomic E-state index is 11.7. The molecule has 92 valence electrons. The van der Waals surface area contributed by atoms with Crippen LogP contribution in [-0.2, 0) is 9.57 Å². The number of rotatable bonds is 3. The molecule has 17 heavy (non-hydrogen) atoms. The van der Waals surface area contributed by atoms with Gasteiger partial charge in [0.2, 0.25) is 0 Å². The van der Waals surface area contributed by atoms with E-state index in [0.29, 0.717) is 17.9 Å². The summed E-state index contributed by atoms with van der Waals surface area (Å²) in [6.45, 7) is 0.683. The van der Waals surface area contributed by atoms with Crippen molar-refractivity contribution < 1.29 is 14.4 Å². The summed E-state index contributed by atoms with van der Waals surface area (Å²) in [5.41, 5.74) is 9.05. The molecular formula is C12H16N2O3. The van der Waals surface area contributed by atoms with Gasteiger partial charge in [-0.25, -0.2) is 10.3 Å². The van der Waals surface area contributed by atoms with Crippen LogP contribution in [0, 0.1) is 0 Å². The van der Waals surface area contributed by atoms with Crippen LogP contribution in [0.4, 0.5) is 5.69 Å². The minimum absolute atomic E-state index is 0.292. The van der Waals surface area contributed by atoms with E-state index in [1.165, 1.54) is 0 Å². The number of hydrogen-bond donors (Lipinski definition) is 2. The van der Waals surface area contributed by atoms with Crippen molar-refractivity contribution in [1.29, 1.82) is 0 Å². The second-order valence-corrected chi connectivity index (χ2v) is 3.97. The summed E-state index contributed by atoms with van der Waals surface area (Å²) in [7, 11) is 0. The van der Waals surface area contributed by atoms with E-state index in [-0.39, 0.29) is 12.2 Å². The lowest BCUT2D eigenvalue weighted by Crippen LogP contribution is -2.33. The number of nitrogen functional groups attached to an aromatic ring is 1. The van der Waals surface area contributed by atoms with Crippen LogP contribution >= 0.6 is 0 Å². The Bertz CT molecular complexity index is 372. The first-order valence-electron chi connectivity index (χ1n) is 5.69. The quantitative estimate of drug-likeness (QED) is 0.615. The van der Waals surface area contributed by atoms with Crippen LogP contribution in [0.15, 0.2) is 24.3 Å². The van der Waals surface area contributed by atoms with Gasteiger partial charge < -0.3 is 10.5 Å². The Morgan fingerprint density at radius 1 is 1.35 bits per heavy atom. The first-order chi connectivity index (χ1) is 8.25. The molecule has 1 aliphatic heterocycles.